The average Bonchev–Trinajstić information content (AvgIpc) is 2.77. The van der Waals surface area contributed by atoms with Crippen molar-refractivity contribution in [1.29, 1.82) is 0 Å². The lowest BCUT2D eigenvalue weighted by Crippen LogP contribution is -2.34. The Morgan fingerprint density at radius 1 is 1.10 bits per heavy atom. The number of hydrogen-bond acceptors (Lipinski definition) is 9. The van der Waals surface area contributed by atoms with Crippen LogP contribution in [0.15, 0.2) is 41.6 Å². The van der Waals surface area contributed by atoms with E-state index < -0.39 is 12.0 Å². The summed E-state index contributed by atoms with van der Waals surface area (Å²) in [6, 6.07) is 8.02. The minimum Gasteiger partial charge on any atom is -0.548 e. The lowest BCUT2D eigenvalue weighted by molar-refractivity contribution is -0.307. The molecule has 0 aliphatic rings. The highest BCUT2D eigenvalue weighted by molar-refractivity contribution is 5.97. The zero-order valence-corrected chi connectivity index (χ0v) is 17.3. The van der Waals surface area contributed by atoms with Gasteiger partial charge in [0, 0.05) is 22.9 Å². The molecule has 0 saturated heterocycles. The smallest absolute Gasteiger partial charge is 0.170 e. The first-order valence-electron chi connectivity index (χ1n) is 9.67. The van der Waals surface area contributed by atoms with Crippen molar-refractivity contribution in [2.45, 2.75) is 19.9 Å². The average molecular weight is 432 g/mol. The van der Waals surface area contributed by atoms with Gasteiger partial charge in [-0.25, -0.2) is 0 Å². The van der Waals surface area contributed by atoms with Crippen LogP contribution in [-0.4, -0.2) is 48.5 Å². The monoisotopic (exact) mass is 432 g/mol. The first kappa shape index (κ1) is 23.6. The molecule has 1 unspecified atom stereocenters. The molecule has 0 aromatic heterocycles. The van der Waals surface area contributed by atoms with Gasteiger partial charge in [0.05, 0.1) is 31.8 Å². The molecule has 1 atom stereocenters. The number of nitrogens with zero attached hydrogens (tertiary/aromatic N) is 1. The maximum absolute atomic E-state index is 12.0. The van der Waals surface area contributed by atoms with Gasteiger partial charge >= 0.3 is 0 Å². The summed E-state index contributed by atoms with van der Waals surface area (Å²) in [5.74, 6) is -0.528. The molecule has 2 aromatic carbocycles. The summed E-state index contributed by atoms with van der Waals surface area (Å²) in [5, 5.41) is 35.7. The minimum atomic E-state index is -1.40. The number of amidine groups is 1. The molecule has 0 bridgehead atoms. The summed E-state index contributed by atoms with van der Waals surface area (Å²) in [6.45, 7) is 4.02. The Bertz CT molecular complexity index is 901. The van der Waals surface area contributed by atoms with Gasteiger partial charge in [0.1, 0.15) is 12.4 Å². The molecule has 0 amide bonds. The first-order chi connectivity index (χ1) is 14.9. The largest absolute Gasteiger partial charge is 0.548 e. The molecule has 10 nitrogen and oxygen atoms in total. The maximum atomic E-state index is 12.0. The molecule has 168 valence electrons. The van der Waals surface area contributed by atoms with E-state index in [1.165, 1.54) is 12.1 Å². The fraction of sp³-hybridized carbons (Fsp3) is 0.333. The van der Waals surface area contributed by atoms with E-state index in [1.807, 2.05) is 0 Å². The van der Waals surface area contributed by atoms with Gasteiger partial charge in [-0.3, -0.25) is 0 Å². The van der Waals surface area contributed by atoms with Crippen molar-refractivity contribution >= 4 is 17.5 Å². The third kappa shape index (κ3) is 6.16. The third-order valence-electron chi connectivity index (χ3n) is 4.17. The van der Waals surface area contributed by atoms with Crippen LogP contribution < -0.4 is 30.4 Å². The number of nitrogens with two attached hydrogens (primary N) is 1. The summed E-state index contributed by atoms with van der Waals surface area (Å²) in [6.07, 6.45) is 0. The summed E-state index contributed by atoms with van der Waals surface area (Å²) >= 11 is 0. The second kappa shape index (κ2) is 11.5. The van der Waals surface area contributed by atoms with Crippen molar-refractivity contribution in [2.75, 3.05) is 31.7 Å². The molecule has 2 rings (SSSR count). The number of carbonyl (C=O) groups excluding carboxylic acids is 1. The summed E-state index contributed by atoms with van der Waals surface area (Å²) < 4.78 is 16.7. The Hall–Kier alpha value is -3.66. The van der Waals surface area contributed by atoms with Gasteiger partial charge in [0.25, 0.3) is 0 Å². The van der Waals surface area contributed by atoms with E-state index in [2.05, 4.69) is 10.5 Å². The van der Waals surface area contributed by atoms with Crippen LogP contribution in [0.25, 0.3) is 0 Å². The molecule has 0 fully saturated rings. The number of oxime groups is 1. The van der Waals surface area contributed by atoms with Crippen molar-refractivity contribution in [3.8, 4) is 17.2 Å². The molecule has 0 spiro atoms. The Kier molecular flexibility index (Phi) is 8.77. The molecule has 0 heterocycles. The number of carboxylic acid groups (broad SMARTS) is 1. The van der Waals surface area contributed by atoms with Gasteiger partial charge < -0.3 is 45.5 Å². The third-order valence-corrected chi connectivity index (χ3v) is 4.17. The number of hydrogen-bond donors (Lipinski definition) is 4. The number of rotatable bonds is 12. The van der Waals surface area contributed by atoms with Crippen LogP contribution in [0, 0.1) is 0 Å². The molecule has 2 aromatic rings. The number of ether oxygens (including phenoxy) is 3. The van der Waals surface area contributed by atoms with Crippen molar-refractivity contribution in [1.82, 2.24) is 0 Å². The number of aliphatic carboxylic acids is 1. The van der Waals surface area contributed by atoms with Crippen LogP contribution in [0.3, 0.4) is 0 Å². The number of aliphatic hydroxyl groups is 1. The standard InChI is InChI=1S/C21H27N3O7/c1-3-29-17-11-15(16(31-10-9-25)12-18(17)30-4-2)19(21(26)27)23-14-7-5-13(6-8-14)20(22)24-28/h5-8,11-12,19,23,25,28H,3-4,9-10H2,1-2H3,(H2,22,24)(H,26,27)/p-1. The van der Waals surface area contributed by atoms with E-state index in [0.717, 1.165) is 0 Å². The molecular weight excluding hydrogens is 406 g/mol. The van der Waals surface area contributed by atoms with E-state index in [1.54, 1.807) is 38.1 Å². The van der Waals surface area contributed by atoms with Gasteiger partial charge in [0.15, 0.2) is 17.3 Å². The molecule has 5 N–H and O–H groups in total. The molecule has 0 saturated carbocycles. The number of carboxylic acids is 1. The zero-order chi connectivity index (χ0) is 22.8. The minimum absolute atomic E-state index is 0.0409. The highest BCUT2D eigenvalue weighted by atomic mass is 16.5. The Morgan fingerprint density at radius 2 is 1.71 bits per heavy atom. The Morgan fingerprint density at radius 3 is 2.23 bits per heavy atom. The number of aliphatic hydroxyl groups excluding tert-OH is 1. The fourth-order valence-electron chi connectivity index (χ4n) is 2.83. The first-order valence-corrected chi connectivity index (χ1v) is 9.67. The van der Waals surface area contributed by atoms with Crippen molar-refractivity contribution in [2.24, 2.45) is 10.9 Å². The SMILES string of the molecule is CCOc1cc(OCCO)c(C(Nc2ccc(/C(N)=N/O)cc2)C(=O)[O-])cc1OCC. The van der Waals surface area contributed by atoms with E-state index in [0.29, 0.717) is 36.0 Å². The fourth-order valence-corrected chi connectivity index (χ4v) is 2.83. The van der Waals surface area contributed by atoms with Gasteiger partial charge in [0.2, 0.25) is 0 Å². The summed E-state index contributed by atoms with van der Waals surface area (Å²) in [7, 11) is 0. The lowest BCUT2D eigenvalue weighted by Gasteiger charge is -2.25. The van der Waals surface area contributed by atoms with E-state index in [4.69, 9.17) is 30.3 Å². The molecular formula is C21H26N3O7-. The van der Waals surface area contributed by atoms with E-state index >= 15 is 0 Å². The highest BCUT2D eigenvalue weighted by Crippen LogP contribution is 2.39. The van der Waals surface area contributed by atoms with Crippen LogP contribution in [0.4, 0.5) is 5.69 Å². The van der Waals surface area contributed by atoms with Crippen LogP contribution in [0.1, 0.15) is 31.0 Å². The molecule has 31 heavy (non-hydrogen) atoms. The Balaban J connectivity index is 2.47. The highest BCUT2D eigenvalue weighted by Gasteiger charge is 2.22. The topological polar surface area (TPSA) is 159 Å². The predicted octanol–water partition coefficient (Wildman–Crippen LogP) is 0.853. The Labute approximate surface area is 179 Å². The lowest BCUT2D eigenvalue weighted by atomic mass is 10.0. The van der Waals surface area contributed by atoms with Crippen molar-refractivity contribution in [3.63, 3.8) is 0 Å². The van der Waals surface area contributed by atoms with Crippen LogP contribution >= 0.6 is 0 Å². The van der Waals surface area contributed by atoms with Crippen LogP contribution in [0.2, 0.25) is 0 Å². The van der Waals surface area contributed by atoms with Gasteiger partial charge in [-0.2, -0.15) is 0 Å². The maximum Gasteiger partial charge on any atom is 0.170 e. The number of carbonyl (C=O) groups is 1. The molecule has 0 aliphatic heterocycles. The van der Waals surface area contributed by atoms with Crippen molar-refractivity contribution in [3.05, 3.63) is 47.5 Å². The quantitative estimate of drug-likeness (QED) is 0.165. The van der Waals surface area contributed by atoms with Crippen LogP contribution in [0.5, 0.6) is 17.2 Å². The zero-order valence-electron chi connectivity index (χ0n) is 17.3. The van der Waals surface area contributed by atoms with Crippen molar-refractivity contribution < 1.29 is 34.4 Å². The van der Waals surface area contributed by atoms with E-state index in [-0.39, 0.29) is 30.4 Å². The van der Waals surface area contributed by atoms with Gasteiger partial charge in [-0.1, -0.05) is 5.16 Å². The number of benzene rings is 2. The second-order valence-electron chi connectivity index (χ2n) is 6.23. The van der Waals surface area contributed by atoms with Gasteiger partial charge in [-0.05, 0) is 44.2 Å². The molecule has 10 heteroatoms. The molecule has 0 radical (unpaired) electrons. The normalized spacial score (nSPS) is 12.2. The van der Waals surface area contributed by atoms with E-state index in [9.17, 15) is 9.90 Å². The number of nitrogens with one attached hydrogen (secondary N) is 1. The predicted molar refractivity (Wildman–Crippen MR) is 112 cm³/mol. The second-order valence-corrected chi connectivity index (χ2v) is 6.23. The van der Waals surface area contributed by atoms with Crippen LogP contribution in [-0.2, 0) is 4.79 Å². The van der Waals surface area contributed by atoms with Gasteiger partial charge in [-0.15, -0.1) is 0 Å². The summed E-state index contributed by atoms with van der Waals surface area (Å²) in [5.41, 5.74) is 6.70. The number of anilines is 1. The molecule has 0 aliphatic carbocycles. The summed E-state index contributed by atoms with van der Waals surface area (Å²) in [4.78, 5) is 12.0.